The fourth-order valence-corrected chi connectivity index (χ4v) is 4.34. The number of carbonyl (C=O) groups excluding carboxylic acids is 2. The molecule has 0 saturated carbocycles. The van der Waals surface area contributed by atoms with Crippen molar-refractivity contribution in [2.24, 2.45) is 5.92 Å². The molecule has 7 nitrogen and oxygen atoms in total. The summed E-state index contributed by atoms with van der Waals surface area (Å²) >= 11 is 0. The second kappa shape index (κ2) is 10.2. The molecule has 1 aromatic rings. The molecule has 0 aromatic heterocycles. The molecule has 2 aliphatic rings. The third kappa shape index (κ3) is 4.95. The van der Waals surface area contributed by atoms with E-state index in [4.69, 9.17) is 14.2 Å². The Balaban J connectivity index is 0.00000300. The van der Waals surface area contributed by atoms with E-state index in [0.29, 0.717) is 24.1 Å². The zero-order valence-corrected chi connectivity index (χ0v) is 18.3. The molecule has 0 spiro atoms. The second-order valence-electron chi connectivity index (χ2n) is 7.56. The van der Waals surface area contributed by atoms with Gasteiger partial charge in [-0.15, -0.1) is 12.4 Å². The molecule has 2 heterocycles. The van der Waals surface area contributed by atoms with Crippen LogP contribution in [0.3, 0.4) is 0 Å². The van der Waals surface area contributed by atoms with Gasteiger partial charge in [-0.3, -0.25) is 9.59 Å². The van der Waals surface area contributed by atoms with Crippen LogP contribution in [0, 0.1) is 5.92 Å². The van der Waals surface area contributed by atoms with E-state index in [1.807, 2.05) is 17.0 Å². The Bertz CT molecular complexity index is 742. The number of halogens is 1. The number of nitrogens with zero attached hydrogens (tertiary/aromatic N) is 1. The molecule has 3 rings (SSSR count). The lowest BCUT2D eigenvalue weighted by Crippen LogP contribution is -2.47. The van der Waals surface area contributed by atoms with Crippen LogP contribution in [-0.2, 0) is 20.7 Å². The van der Waals surface area contributed by atoms with Crippen molar-refractivity contribution in [3.63, 3.8) is 0 Å². The first-order chi connectivity index (χ1) is 13.5. The molecule has 8 heteroatoms. The van der Waals surface area contributed by atoms with Crippen LogP contribution in [-0.4, -0.2) is 57.2 Å². The van der Waals surface area contributed by atoms with Gasteiger partial charge < -0.3 is 24.4 Å². The van der Waals surface area contributed by atoms with Gasteiger partial charge in [0.1, 0.15) is 0 Å². The van der Waals surface area contributed by atoms with Gasteiger partial charge >= 0.3 is 5.97 Å². The van der Waals surface area contributed by atoms with Crippen LogP contribution in [0.5, 0.6) is 11.5 Å². The summed E-state index contributed by atoms with van der Waals surface area (Å²) in [7, 11) is 4.57. The normalized spacial score (nSPS) is 23.4. The monoisotopic (exact) mass is 426 g/mol. The summed E-state index contributed by atoms with van der Waals surface area (Å²) in [6.45, 7) is 3.53. The molecular formula is C21H31ClN2O5. The zero-order chi connectivity index (χ0) is 20.3. The van der Waals surface area contributed by atoms with Gasteiger partial charge in [0.2, 0.25) is 5.91 Å². The average Bonchev–Trinajstić information content (AvgIpc) is 2.72. The zero-order valence-electron chi connectivity index (χ0n) is 17.5. The first-order valence-corrected chi connectivity index (χ1v) is 9.84. The fourth-order valence-electron chi connectivity index (χ4n) is 4.34. The molecule has 1 fully saturated rings. The van der Waals surface area contributed by atoms with Gasteiger partial charge in [0.25, 0.3) is 0 Å². The molecule has 1 N–H and O–H groups in total. The van der Waals surface area contributed by atoms with Gasteiger partial charge in [-0.2, -0.15) is 0 Å². The third-order valence-corrected chi connectivity index (χ3v) is 5.85. The molecule has 3 atom stereocenters. The number of fused-ring (bicyclic) bond motifs is 1. The number of ether oxygens (including phenoxy) is 3. The van der Waals surface area contributed by atoms with Crippen molar-refractivity contribution in [3.05, 3.63) is 23.3 Å². The summed E-state index contributed by atoms with van der Waals surface area (Å²) in [6.07, 6.45) is 2.49. The van der Waals surface area contributed by atoms with Crippen molar-refractivity contribution >= 4 is 24.3 Å². The molecule has 0 radical (unpaired) electrons. The summed E-state index contributed by atoms with van der Waals surface area (Å²) in [5.41, 5.74) is 2.01. The van der Waals surface area contributed by atoms with Crippen LogP contribution in [0.4, 0.5) is 0 Å². The van der Waals surface area contributed by atoms with Crippen LogP contribution >= 0.6 is 12.4 Å². The van der Waals surface area contributed by atoms with Crippen molar-refractivity contribution in [2.45, 2.75) is 44.7 Å². The highest BCUT2D eigenvalue weighted by molar-refractivity contribution is 5.85. The van der Waals surface area contributed by atoms with Crippen LogP contribution in [0.2, 0.25) is 0 Å². The van der Waals surface area contributed by atoms with E-state index in [1.54, 1.807) is 14.2 Å². The van der Waals surface area contributed by atoms with Crippen molar-refractivity contribution < 1.29 is 23.8 Å². The minimum Gasteiger partial charge on any atom is -0.493 e. The number of amides is 1. The summed E-state index contributed by atoms with van der Waals surface area (Å²) in [5, 5.41) is 3.39. The maximum absolute atomic E-state index is 13.4. The van der Waals surface area contributed by atoms with Gasteiger partial charge in [-0.1, -0.05) is 0 Å². The van der Waals surface area contributed by atoms with Gasteiger partial charge in [0.15, 0.2) is 11.5 Å². The van der Waals surface area contributed by atoms with E-state index in [9.17, 15) is 9.59 Å². The van der Waals surface area contributed by atoms with Crippen LogP contribution in [0.1, 0.15) is 43.4 Å². The molecule has 0 bridgehead atoms. The SMILES string of the molecule is COC(=O)CC1c2cc(OC)c(OC)cc2CCN1C(=O)[C@H]1CCN[C@@H](C)C1.Cl. The fraction of sp³-hybridized carbons (Fsp3) is 0.619. The highest BCUT2D eigenvalue weighted by atomic mass is 35.5. The van der Waals surface area contributed by atoms with E-state index in [1.165, 1.54) is 7.11 Å². The summed E-state index contributed by atoms with van der Waals surface area (Å²) in [4.78, 5) is 27.4. The number of hydrogen-bond donors (Lipinski definition) is 1. The smallest absolute Gasteiger partial charge is 0.307 e. The van der Waals surface area contributed by atoms with Gasteiger partial charge in [-0.25, -0.2) is 0 Å². The molecule has 29 heavy (non-hydrogen) atoms. The van der Waals surface area contributed by atoms with E-state index < -0.39 is 0 Å². The number of carbonyl (C=O) groups is 2. The minimum absolute atomic E-state index is 0. The predicted octanol–water partition coefficient (Wildman–Crippen LogP) is 2.50. The number of benzene rings is 1. The minimum atomic E-state index is -0.353. The standard InChI is InChI=1S/C21H30N2O5.ClH/c1-13-9-15(5-7-22-13)21(25)23-8-6-14-10-18(26-2)19(27-3)11-16(14)17(23)12-20(24)28-4;/h10-11,13,15,17,22H,5-9,12H2,1-4H3;1H/t13-,15-,17?;/m0./s1. The van der Waals surface area contributed by atoms with Crippen LogP contribution in [0.25, 0.3) is 0 Å². The lowest BCUT2D eigenvalue weighted by molar-refractivity contribution is -0.146. The van der Waals surface area contributed by atoms with Crippen LogP contribution < -0.4 is 14.8 Å². The summed E-state index contributed by atoms with van der Waals surface area (Å²) < 4.78 is 15.8. The number of rotatable bonds is 5. The highest BCUT2D eigenvalue weighted by Gasteiger charge is 2.37. The van der Waals surface area contributed by atoms with E-state index in [2.05, 4.69) is 12.2 Å². The second-order valence-corrected chi connectivity index (χ2v) is 7.56. The van der Waals surface area contributed by atoms with Gasteiger partial charge in [-0.05, 0) is 56.0 Å². The average molecular weight is 427 g/mol. The number of methoxy groups -OCH3 is 3. The Morgan fingerprint density at radius 3 is 2.48 bits per heavy atom. The van der Waals surface area contributed by atoms with Crippen molar-refractivity contribution in [2.75, 3.05) is 34.4 Å². The Morgan fingerprint density at radius 1 is 1.17 bits per heavy atom. The van der Waals surface area contributed by atoms with E-state index >= 15 is 0 Å². The topological polar surface area (TPSA) is 77.1 Å². The molecule has 1 saturated heterocycles. The molecule has 1 unspecified atom stereocenters. The Labute approximate surface area is 178 Å². The van der Waals surface area contributed by atoms with E-state index in [-0.39, 0.29) is 42.7 Å². The highest BCUT2D eigenvalue weighted by Crippen LogP contribution is 2.40. The van der Waals surface area contributed by atoms with Gasteiger partial charge in [0, 0.05) is 18.5 Å². The Hall–Kier alpha value is -1.99. The Morgan fingerprint density at radius 2 is 1.86 bits per heavy atom. The molecule has 2 aliphatic heterocycles. The van der Waals surface area contributed by atoms with Crippen molar-refractivity contribution in [3.8, 4) is 11.5 Å². The lowest BCUT2D eigenvalue weighted by atomic mass is 9.86. The maximum atomic E-state index is 13.4. The quantitative estimate of drug-likeness (QED) is 0.729. The van der Waals surface area contributed by atoms with Crippen molar-refractivity contribution in [1.82, 2.24) is 10.2 Å². The summed E-state index contributed by atoms with van der Waals surface area (Å²) in [5.74, 6) is 1.04. The van der Waals surface area contributed by atoms with Gasteiger partial charge in [0.05, 0.1) is 33.8 Å². The maximum Gasteiger partial charge on any atom is 0.307 e. The summed E-state index contributed by atoms with van der Waals surface area (Å²) in [6, 6.07) is 3.82. The molecular weight excluding hydrogens is 396 g/mol. The lowest BCUT2D eigenvalue weighted by Gasteiger charge is -2.40. The third-order valence-electron chi connectivity index (χ3n) is 5.85. The van der Waals surface area contributed by atoms with E-state index in [0.717, 1.165) is 36.9 Å². The predicted molar refractivity (Wildman–Crippen MR) is 112 cm³/mol. The number of piperidine rings is 1. The molecule has 1 aromatic carbocycles. The molecule has 162 valence electrons. The van der Waals surface area contributed by atoms with Crippen LogP contribution in [0.15, 0.2) is 12.1 Å². The molecule has 0 aliphatic carbocycles. The Kier molecular flexibility index (Phi) is 8.16. The first-order valence-electron chi connectivity index (χ1n) is 9.84. The number of hydrogen-bond acceptors (Lipinski definition) is 6. The largest absolute Gasteiger partial charge is 0.493 e. The first kappa shape index (κ1) is 23.3. The number of esters is 1. The molecule has 1 amide bonds. The number of nitrogens with one attached hydrogen (secondary N) is 1. The van der Waals surface area contributed by atoms with Crippen molar-refractivity contribution in [1.29, 1.82) is 0 Å².